The van der Waals surface area contributed by atoms with Crippen molar-refractivity contribution in [3.05, 3.63) is 53.7 Å². The Morgan fingerprint density at radius 3 is 2.43 bits per heavy atom. The number of ether oxygens (including phenoxy) is 2. The van der Waals surface area contributed by atoms with Crippen molar-refractivity contribution in [3.63, 3.8) is 0 Å². The van der Waals surface area contributed by atoms with E-state index in [1.807, 2.05) is 18.3 Å². The van der Waals surface area contributed by atoms with Crippen LogP contribution in [0.5, 0.6) is 11.5 Å². The number of benzene rings is 2. The molecule has 146 valence electrons. The third kappa shape index (κ3) is 3.33. The highest BCUT2D eigenvalue weighted by atomic mass is 31.2. The Bertz CT molecular complexity index is 1080. The Morgan fingerprint density at radius 2 is 1.79 bits per heavy atom. The minimum absolute atomic E-state index is 0.0320. The summed E-state index contributed by atoms with van der Waals surface area (Å²) in [5.74, 6) is 1.29. The molecule has 0 spiro atoms. The fourth-order valence-electron chi connectivity index (χ4n) is 3.64. The van der Waals surface area contributed by atoms with Gasteiger partial charge in [-0.2, -0.15) is 0 Å². The van der Waals surface area contributed by atoms with Crippen LogP contribution in [0, 0.1) is 0 Å². The molecule has 0 saturated heterocycles. The first-order chi connectivity index (χ1) is 13.4. The molecule has 28 heavy (non-hydrogen) atoms. The van der Waals surface area contributed by atoms with Gasteiger partial charge in [0.15, 0.2) is 11.5 Å². The van der Waals surface area contributed by atoms with Gasteiger partial charge in [0.05, 0.1) is 30.7 Å². The van der Waals surface area contributed by atoms with Gasteiger partial charge in [0, 0.05) is 30.7 Å². The van der Waals surface area contributed by atoms with Crippen LogP contribution < -0.4 is 19.7 Å². The maximum Gasteiger partial charge on any atom is 0.356 e. The summed E-state index contributed by atoms with van der Waals surface area (Å²) in [6.07, 6.45) is 2.80. The molecule has 0 bridgehead atoms. The van der Waals surface area contributed by atoms with Gasteiger partial charge in [0.2, 0.25) is 0 Å². The summed E-state index contributed by atoms with van der Waals surface area (Å²) in [6, 6.07) is 10.3. The van der Waals surface area contributed by atoms with E-state index in [0.717, 1.165) is 35.1 Å². The van der Waals surface area contributed by atoms with Crippen molar-refractivity contribution >= 4 is 29.5 Å². The number of pyridine rings is 1. The van der Waals surface area contributed by atoms with Crippen LogP contribution in [-0.2, 0) is 17.5 Å². The first kappa shape index (κ1) is 18.7. The average Bonchev–Trinajstić information content (AvgIpc) is 3.09. The molecule has 8 heteroatoms. The second-order valence-corrected chi connectivity index (χ2v) is 8.34. The maximum atomic E-state index is 11.4. The van der Waals surface area contributed by atoms with Crippen molar-refractivity contribution in [2.75, 3.05) is 25.7 Å². The third-order valence-corrected chi connectivity index (χ3v) is 6.00. The number of anilines is 1. The topological polar surface area (TPSA) is 92.1 Å². The first-order valence-corrected chi connectivity index (χ1v) is 10.5. The maximum absolute atomic E-state index is 11.4. The monoisotopic (exact) mass is 400 g/mol. The highest BCUT2D eigenvalue weighted by molar-refractivity contribution is 7.60. The zero-order chi connectivity index (χ0) is 19.9. The lowest BCUT2D eigenvalue weighted by Gasteiger charge is -2.22. The second-order valence-electron chi connectivity index (χ2n) is 6.74. The predicted octanol–water partition coefficient (Wildman–Crippen LogP) is 2.62. The summed E-state index contributed by atoms with van der Waals surface area (Å²) in [7, 11) is -1.01. The van der Waals surface area contributed by atoms with Crippen molar-refractivity contribution < 1.29 is 23.8 Å². The van der Waals surface area contributed by atoms with E-state index >= 15 is 0 Å². The van der Waals surface area contributed by atoms with Crippen LogP contribution >= 0.6 is 7.60 Å². The van der Waals surface area contributed by atoms with E-state index in [4.69, 9.17) is 9.47 Å². The molecule has 3 aromatic rings. The van der Waals surface area contributed by atoms with E-state index in [-0.39, 0.29) is 5.30 Å². The smallest absolute Gasteiger partial charge is 0.356 e. The molecule has 7 nitrogen and oxygen atoms in total. The number of methoxy groups -OCH3 is 2. The standard InChI is InChI=1S/C20H21N2O5P/c1-26-18-9-16-17(10-19(18)27-2)21-11-14-7-8-22(20(14)16)12-13-3-5-15(6-4-13)28(23,24)25/h3-6,9-11H,7-8,12H2,1-2H3,(H2,23,24,25). The van der Waals surface area contributed by atoms with Gasteiger partial charge >= 0.3 is 7.60 Å². The molecule has 2 heterocycles. The fourth-order valence-corrected chi connectivity index (χ4v) is 4.18. The van der Waals surface area contributed by atoms with Crippen LogP contribution in [0.15, 0.2) is 42.6 Å². The lowest BCUT2D eigenvalue weighted by atomic mass is 10.1. The third-order valence-electron chi connectivity index (χ3n) is 5.03. The van der Waals surface area contributed by atoms with E-state index in [9.17, 15) is 14.4 Å². The Balaban J connectivity index is 1.71. The zero-order valence-electron chi connectivity index (χ0n) is 15.6. The van der Waals surface area contributed by atoms with Crippen LogP contribution in [0.4, 0.5) is 5.69 Å². The second kappa shape index (κ2) is 7.09. The normalized spacial score (nSPS) is 13.6. The van der Waals surface area contributed by atoms with Gasteiger partial charge in [-0.25, -0.2) is 0 Å². The van der Waals surface area contributed by atoms with E-state index in [0.29, 0.717) is 18.0 Å². The van der Waals surface area contributed by atoms with E-state index in [2.05, 4.69) is 9.88 Å². The molecule has 2 aromatic carbocycles. The van der Waals surface area contributed by atoms with E-state index in [1.54, 1.807) is 26.4 Å². The van der Waals surface area contributed by atoms with Crippen molar-refractivity contribution in [3.8, 4) is 11.5 Å². The number of nitrogens with zero attached hydrogens (tertiary/aromatic N) is 2. The van der Waals surface area contributed by atoms with E-state index < -0.39 is 7.60 Å². The van der Waals surface area contributed by atoms with Crippen molar-refractivity contribution in [2.45, 2.75) is 13.0 Å². The van der Waals surface area contributed by atoms with Crippen LogP contribution in [0.25, 0.3) is 10.9 Å². The van der Waals surface area contributed by atoms with Gasteiger partial charge in [-0.3, -0.25) is 9.55 Å². The molecule has 0 radical (unpaired) electrons. The molecule has 2 N–H and O–H groups in total. The number of rotatable bonds is 5. The predicted molar refractivity (Wildman–Crippen MR) is 108 cm³/mol. The molecule has 1 aliphatic rings. The summed E-state index contributed by atoms with van der Waals surface area (Å²) in [5, 5.41) is 1.03. The molecular weight excluding hydrogens is 379 g/mol. The number of hydrogen-bond acceptors (Lipinski definition) is 5. The lowest BCUT2D eigenvalue weighted by molar-refractivity contribution is 0.356. The first-order valence-electron chi connectivity index (χ1n) is 8.84. The Labute approximate surface area is 162 Å². The Kier molecular flexibility index (Phi) is 4.75. The van der Waals surface area contributed by atoms with Crippen molar-refractivity contribution in [2.24, 2.45) is 0 Å². The number of hydrogen-bond donors (Lipinski definition) is 2. The summed E-state index contributed by atoms with van der Waals surface area (Å²) in [4.78, 5) is 25.4. The molecule has 0 amide bonds. The minimum atomic E-state index is -4.22. The van der Waals surface area contributed by atoms with Gasteiger partial charge in [0.1, 0.15) is 0 Å². The van der Waals surface area contributed by atoms with Gasteiger partial charge in [-0.05, 0) is 35.7 Å². The largest absolute Gasteiger partial charge is 0.493 e. The lowest BCUT2D eigenvalue weighted by Crippen LogP contribution is -2.20. The number of fused-ring (bicyclic) bond motifs is 3. The Hall–Kier alpha value is -2.60. The molecular formula is C20H21N2O5P. The summed E-state index contributed by atoms with van der Waals surface area (Å²) >= 11 is 0. The van der Waals surface area contributed by atoms with Crippen LogP contribution in [-0.4, -0.2) is 35.5 Å². The molecule has 0 atom stereocenters. The summed E-state index contributed by atoms with van der Waals surface area (Å²) in [5.41, 5.74) is 4.10. The molecule has 4 rings (SSSR count). The van der Waals surface area contributed by atoms with Crippen LogP contribution in [0.3, 0.4) is 0 Å². The molecule has 0 aliphatic carbocycles. The molecule has 0 fully saturated rings. The Morgan fingerprint density at radius 1 is 1.11 bits per heavy atom. The van der Waals surface area contributed by atoms with Crippen LogP contribution in [0.2, 0.25) is 0 Å². The molecule has 0 saturated carbocycles. The minimum Gasteiger partial charge on any atom is -0.493 e. The highest BCUT2D eigenvalue weighted by Crippen LogP contribution is 2.40. The van der Waals surface area contributed by atoms with Crippen LogP contribution in [0.1, 0.15) is 11.1 Å². The summed E-state index contributed by atoms with van der Waals surface area (Å²) < 4.78 is 22.2. The van der Waals surface area contributed by atoms with Gasteiger partial charge in [0.25, 0.3) is 0 Å². The quantitative estimate of drug-likeness (QED) is 0.636. The number of aromatic nitrogens is 1. The zero-order valence-corrected chi connectivity index (χ0v) is 16.5. The molecule has 1 aliphatic heterocycles. The van der Waals surface area contributed by atoms with Crippen molar-refractivity contribution in [1.82, 2.24) is 4.98 Å². The van der Waals surface area contributed by atoms with Crippen molar-refractivity contribution in [1.29, 1.82) is 0 Å². The van der Waals surface area contributed by atoms with Gasteiger partial charge < -0.3 is 24.2 Å². The summed E-state index contributed by atoms with van der Waals surface area (Å²) in [6.45, 7) is 1.49. The van der Waals surface area contributed by atoms with Gasteiger partial charge in [-0.1, -0.05) is 12.1 Å². The highest BCUT2D eigenvalue weighted by Gasteiger charge is 2.24. The fraction of sp³-hybridized carbons (Fsp3) is 0.250. The van der Waals surface area contributed by atoms with E-state index in [1.165, 1.54) is 17.7 Å². The molecule has 1 aromatic heterocycles. The molecule has 0 unspecified atom stereocenters. The SMILES string of the molecule is COc1cc2ncc3c(c2cc1OC)N(Cc1ccc(P(=O)(O)O)cc1)CC3. The average molecular weight is 400 g/mol. The van der Waals surface area contributed by atoms with Gasteiger partial charge in [-0.15, -0.1) is 0 Å².